The third-order valence-corrected chi connectivity index (χ3v) is 6.85. The second kappa shape index (κ2) is 10.8. The molecule has 2 saturated heterocycles. The predicted molar refractivity (Wildman–Crippen MR) is 131 cm³/mol. The summed E-state index contributed by atoms with van der Waals surface area (Å²) in [7, 11) is 0. The zero-order valence-electron chi connectivity index (χ0n) is 20.1. The van der Waals surface area contributed by atoms with Crippen LogP contribution in [0.2, 0.25) is 0 Å². The molecule has 10 heteroatoms. The van der Waals surface area contributed by atoms with E-state index in [2.05, 4.69) is 27.4 Å². The smallest absolute Gasteiger partial charge is 0.319 e. The average molecular weight is 485 g/mol. The number of urea groups is 1. The maximum atomic E-state index is 12.2. The number of hydrogen-bond acceptors (Lipinski definition) is 7. The molecule has 1 atom stereocenters. The predicted octanol–water partition coefficient (Wildman–Crippen LogP) is 2.61. The van der Waals surface area contributed by atoms with Crippen molar-refractivity contribution >= 4 is 17.5 Å². The molecule has 0 bridgehead atoms. The summed E-state index contributed by atoms with van der Waals surface area (Å²) in [5.41, 5.74) is 3.86. The number of fused-ring (bicyclic) bond motifs is 1. The number of nitrogens with one attached hydrogen (secondary N) is 2. The van der Waals surface area contributed by atoms with Crippen LogP contribution < -0.4 is 15.5 Å². The molecule has 1 aromatic heterocycles. The fraction of sp³-hybridized carbons (Fsp3) is 0.560. The molecule has 1 aromatic carbocycles. The zero-order chi connectivity index (χ0) is 24.2. The lowest BCUT2D eigenvalue weighted by atomic mass is 10.0. The molecule has 2 aromatic rings. The van der Waals surface area contributed by atoms with Gasteiger partial charge in [0.2, 0.25) is 0 Å². The minimum Gasteiger partial charge on any atom is -0.378 e. The van der Waals surface area contributed by atoms with E-state index >= 15 is 0 Å². The highest BCUT2D eigenvalue weighted by Gasteiger charge is 2.33. The van der Waals surface area contributed by atoms with E-state index in [4.69, 9.17) is 19.4 Å². The van der Waals surface area contributed by atoms with E-state index < -0.39 is 6.67 Å². The molecule has 0 saturated carbocycles. The van der Waals surface area contributed by atoms with Crippen LogP contribution in [0.4, 0.5) is 20.7 Å². The second-order valence-electron chi connectivity index (χ2n) is 9.33. The van der Waals surface area contributed by atoms with Crippen molar-refractivity contribution in [2.24, 2.45) is 0 Å². The Morgan fingerprint density at radius 3 is 2.69 bits per heavy atom. The van der Waals surface area contributed by atoms with Crippen LogP contribution in [0.5, 0.6) is 0 Å². The average Bonchev–Trinajstić information content (AvgIpc) is 2.83. The number of halogens is 1. The summed E-state index contributed by atoms with van der Waals surface area (Å²) in [6.07, 6.45) is 1.23. The first-order chi connectivity index (χ1) is 17.1. The maximum absolute atomic E-state index is 12.2. The summed E-state index contributed by atoms with van der Waals surface area (Å²) < 4.78 is 23.3. The normalized spacial score (nSPS) is 20.7. The number of ether oxygens (including phenoxy) is 2. The zero-order valence-corrected chi connectivity index (χ0v) is 20.1. The number of hydrogen-bond donors (Lipinski definition) is 2. The Bertz CT molecular complexity index is 1030. The third-order valence-electron chi connectivity index (χ3n) is 6.85. The van der Waals surface area contributed by atoms with E-state index in [1.807, 2.05) is 24.3 Å². The van der Waals surface area contributed by atoms with E-state index in [9.17, 15) is 9.18 Å². The molecule has 9 nitrogen and oxygen atoms in total. The van der Waals surface area contributed by atoms with Crippen LogP contribution in [-0.2, 0) is 22.4 Å². The molecule has 35 heavy (non-hydrogen) atoms. The first-order valence-corrected chi connectivity index (χ1v) is 12.4. The minimum absolute atomic E-state index is 0.246. The van der Waals surface area contributed by atoms with Crippen molar-refractivity contribution in [1.29, 1.82) is 0 Å². The number of aromatic nitrogens is 2. The van der Waals surface area contributed by atoms with Gasteiger partial charge in [0, 0.05) is 43.0 Å². The number of anilines is 2. The van der Waals surface area contributed by atoms with Crippen LogP contribution in [0.3, 0.4) is 0 Å². The molecule has 3 aliphatic rings. The van der Waals surface area contributed by atoms with Crippen LogP contribution in [0, 0.1) is 0 Å². The molecule has 2 amide bonds. The molecular weight excluding hydrogens is 451 g/mol. The third kappa shape index (κ3) is 5.39. The van der Waals surface area contributed by atoms with Crippen LogP contribution in [0.25, 0.3) is 11.4 Å². The lowest BCUT2D eigenvalue weighted by Crippen LogP contribution is -2.51. The molecule has 5 rings (SSSR count). The molecular formula is C25H33FN6O3. The van der Waals surface area contributed by atoms with Crippen LogP contribution in [0.15, 0.2) is 24.3 Å². The van der Waals surface area contributed by atoms with Crippen molar-refractivity contribution < 1.29 is 18.7 Å². The van der Waals surface area contributed by atoms with Crippen LogP contribution in [-0.4, -0.2) is 85.7 Å². The topological polar surface area (TPSA) is 91.8 Å². The van der Waals surface area contributed by atoms with Gasteiger partial charge in [0.1, 0.15) is 5.82 Å². The summed E-state index contributed by atoms with van der Waals surface area (Å²) >= 11 is 0. The Hall–Kier alpha value is -2.82. The molecule has 0 radical (unpaired) electrons. The summed E-state index contributed by atoms with van der Waals surface area (Å²) in [5.74, 6) is 1.70. The number of amides is 2. The summed E-state index contributed by atoms with van der Waals surface area (Å²) in [4.78, 5) is 26.9. The molecule has 0 spiro atoms. The monoisotopic (exact) mass is 484 g/mol. The number of nitrogens with zero attached hydrogens (tertiary/aromatic N) is 4. The number of rotatable bonds is 7. The van der Waals surface area contributed by atoms with Gasteiger partial charge in [-0.15, -0.1) is 0 Å². The molecule has 4 heterocycles. The Balaban J connectivity index is 1.40. The van der Waals surface area contributed by atoms with Gasteiger partial charge in [-0.25, -0.2) is 14.8 Å². The number of alkyl halides is 1. The van der Waals surface area contributed by atoms with Crippen molar-refractivity contribution in [3.05, 3.63) is 35.5 Å². The van der Waals surface area contributed by atoms with Gasteiger partial charge in [-0.3, -0.25) is 9.29 Å². The Kier molecular flexibility index (Phi) is 7.40. The first-order valence-electron chi connectivity index (χ1n) is 12.4. The molecule has 2 fully saturated rings. The molecule has 2 N–H and O–H groups in total. The van der Waals surface area contributed by atoms with Gasteiger partial charge in [-0.1, -0.05) is 0 Å². The minimum atomic E-state index is -0.451. The standard InChI is InChI=1S/C25H33FN6O3/c1-17-14-34-12-11-32(17)24-21-7-10-31(20-15-35-16-20)13-22(21)29-23(30-24)18-3-5-19(6-4-18)28-25(33)27-9-2-8-26/h3-6,17,20H,2,7-16H2,1H3,(H2,27,28,33)/t17-/m0/s1. The summed E-state index contributed by atoms with van der Waals surface area (Å²) in [5, 5.41) is 5.41. The highest BCUT2D eigenvalue weighted by atomic mass is 19.1. The van der Waals surface area contributed by atoms with Gasteiger partial charge >= 0.3 is 6.03 Å². The largest absolute Gasteiger partial charge is 0.378 e. The number of carbonyl (C=O) groups excluding carboxylic acids is 1. The molecule has 3 aliphatic heterocycles. The van der Waals surface area contributed by atoms with Crippen molar-refractivity contribution in [3.8, 4) is 11.4 Å². The number of benzene rings is 1. The summed E-state index contributed by atoms with van der Waals surface area (Å²) in [6, 6.07) is 7.88. The SMILES string of the molecule is C[C@H]1COCCN1c1nc(-c2ccc(NC(=O)NCCCF)cc2)nc2c1CCN(C1COC1)C2. The Morgan fingerprint density at radius 1 is 1.14 bits per heavy atom. The van der Waals surface area contributed by atoms with E-state index in [-0.39, 0.29) is 12.1 Å². The number of carbonyl (C=O) groups is 1. The Labute approximate surface area is 205 Å². The number of morpholine rings is 1. The van der Waals surface area contributed by atoms with E-state index in [1.54, 1.807) is 0 Å². The first kappa shape index (κ1) is 23.9. The van der Waals surface area contributed by atoms with Crippen molar-refractivity contribution in [1.82, 2.24) is 20.2 Å². The lowest BCUT2D eigenvalue weighted by Gasteiger charge is -2.41. The summed E-state index contributed by atoms with van der Waals surface area (Å²) in [6.45, 7) is 7.58. The Morgan fingerprint density at radius 2 is 1.97 bits per heavy atom. The van der Waals surface area contributed by atoms with Crippen LogP contribution >= 0.6 is 0 Å². The van der Waals surface area contributed by atoms with Crippen molar-refractivity contribution in [2.45, 2.75) is 38.4 Å². The van der Waals surface area contributed by atoms with Gasteiger partial charge in [0.05, 0.1) is 50.9 Å². The lowest BCUT2D eigenvalue weighted by molar-refractivity contribution is -0.0699. The van der Waals surface area contributed by atoms with E-state index in [0.29, 0.717) is 43.7 Å². The highest BCUT2D eigenvalue weighted by Crippen LogP contribution is 2.32. The van der Waals surface area contributed by atoms with Crippen LogP contribution in [0.1, 0.15) is 24.6 Å². The van der Waals surface area contributed by atoms with Gasteiger partial charge < -0.3 is 25.0 Å². The quantitative estimate of drug-likeness (QED) is 0.584. The molecule has 0 unspecified atom stereocenters. The molecule has 188 valence electrons. The second-order valence-corrected chi connectivity index (χ2v) is 9.33. The van der Waals surface area contributed by atoms with Crippen molar-refractivity contribution in [2.75, 3.05) is 63.0 Å². The van der Waals surface area contributed by atoms with Gasteiger partial charge in [0.15, 0.2) is 5.82 Å². The highest BCUT2D eigenvalue weighted by molar-refractivity contribution is 5.89. The maximum Gasteiger partial charge on any atom is 0.319 e. The fourth-order valence-electron chi connectivity index (χ4n) is 4.73. The van der Waals surface area contributed by atoms with Crippen molar-refractivity contribution in [3.63, 3.8) is 0 Å². The fourth-order valence-corrected chi connectivity index (χ4v) is 4.73. The van der Waals surface area contributed by atoms with E-state index in [0.717, 1.165) is 56.3 Å². The van der Waals surface area contributed by atoms with Gasteiger partial charge in [0.25, 0.3) is 0 Å². The van der Waals surface area contributed by atoms with Gasteiger partial charge in [-0.2, -0.15) is 0 Å². The van der Waals surface area contributed by atoms with E-state index in [1.165, 1.54) is 5.56 Å². The molecule has 0 aliphatic carbocycles. The van der Waals surface area contributed by atoms with Gasteiger partial charge in [-0.05, 0) is 44.0 Å².